The molecule has 2 aliphatic carbocycles. The van der Waals surface area contributed by atoms with Gasteiger partial charge in [0.2, 0.25) is 5.91 Å². The van der Waals surface area contributed by atoms with Crippen LogP contribution >= 0.6 is 36.2 Å². The number of hydrogen-bond donors (Lipinski definition) is 1. The fourth-order valence-corrected chi connectivity index (χ4v) is 5.78. The van der Waals surface area contributed by atoms with Crippen LogP contribution in [0.3, 0.4) is 0 Å². The smallest absolute Gasteiger partial charge is 0.227 e. The summed E-state index contributed by atoms with van der Waals surface area (Å²) in [5.41, 5.74) is 7.46. The largest absolute Gasteiger partial charge is 0.342 e. The molecule has 1 saturated heterocycles. The first-order chi connectivity index (χ1) is 10.6. The Labute approximate surface area is 160 Å². The Morgan fingerprint density at radius 1 is 1.29 bits per heavy atom. The number of aromatic nitrogens is 1. The van der Waals surface area contributed by atoms with Gasteiger partial charge in [0.15, 0.2) is 0 Å². The lowest BCUT2D eigenvalue weighted by Gasteiger charge is -2.37. The van der Waals surface area contributed by atoms with Crippen molar-refractivity contribution >= 4 is 42.1 Å². The third-order valence-corrected chi connectivity index (χ3v) is 7.11. The molecular weight excluding hydrogens is 365 g/mol. The molecule has 2 heterocycles. The quantitative estimate of drug-likeness (QED) is 0.840. The number of piperidine rings is 1. The summed E-state index contributed by atoms with van der Waals surface area (Å²) < 4.78 is 0. The summed E-state index contributed by atoms with van der Waals surface area (Å²) in [6, 6.07) is 0.105. The fourth-order valence-electron chi connectivity index (χ4n) is 4.85. The molecule has 1 aromatic heterocycles. The summed E-state index contributed by atoms with van der Waals surface area (Å²) in [5.74, 6) is 2.00. The predicted molar refractivity (Wildman–Crippen MR) is 102 cm³/mol. The number of carbonyl (C=O) groups excluding carboxylic acids is 1. The Morgan fingerprint density at radius 2 is 2.04 bits per heavy atom. The number of amides is 1. The molecule has 1 amide bonds. The molecule has 0 aromatic carbocycles. The van der Waals surface area contributed by atoms with Crippen LogP contribution < -0.4 is 5.73 Å². The number of carbonyl (C=O) groups is 1. The second-order valence-corrected chi connectivity index (χ2v) is 8.28. The van der Waals surface area contributed by atoms with E-state index in [1.165, 1.54) is 24.3 Å². The number of nitrogens with zero attached hydrogens (tertiary/aromatic N) is 2. The van der Waals surface area contributed by atoms with Crippen LogP contribution in [0.4, 0.5) is 0 Å². The summed E-state index contributed by atoms with van der Waals surface area (Å²) in [5, 5.41) is 3.31. The van der Waals surface area contributed by atoms with E-state index in [4.69, 9.17) is 5.73 Å². The minimum Gasteiger partial charge on any atom is -0.342 e. The highest BCUT2D eigenvalue weighted by Gasteiger charge is 2.50. The van der Waals surface area contributed by atoms with Gasteiger partial charge in [-0.05, 0) is 50.9 Å². The van der Waals surface area contributed by atoms with Crippen LogP contribution in [0.15, 0.2) is 5.38 Å². The number of hydrogen-bond acceptors (Lipinski definition) is 4. The number of halogens is 2. The van der Waals surface area contributed by atoms with Crippen molar-refractivity contribution in [2.24, 2.45) is 23.5 Å². The molecule has 0 spiro atoms. The molecule has 24 heavy (non-hydrogen) atoms. The van der Waals surface area contributed by atoms with Crippen molar-refractivity contribution in [1.82, 2.24) is 9.88 Å². The molecule has 0 radical (unpaired) electrons. The van der Waals surface area contributed by atoms with E-state index in [0.29, 0.717) is 23.7 Å². The van der Waals surface area contributed by atoms with Gasteiger partial charge in [-0.1, -0.05) is 0 Å². The second-order valence-electron chi connectivity index (χ2n) is 7.39. The van der Waals surface area contributed by atoms with Gasteiger partial charge >= 0.3 is 0 Å². The molecular formula is C17H27Cl2N3OS. The molecule has 2 saturated carbocycles. The first-order valence-corrected chi connectivity index (χ1v) is 9.48. The molecule has 4 rings (SSSR count). The Hall–Kier alpha value is -0.360. The van der Waals surface area contributed by atoms with E-state index in [-0.39, 0.29) is 36.8 Å². The summed E-state index contributed by atoms with van der Waals surface area (Å²) in [7, 11) is 0. The van der Waals surface area contributed by atoms with Gasteiger partial charge in [-0.25, -0.2) is 4.98 Å². The van der Waals surface area contributed by atoms with Gasteiger partial charge in [0.05, 0.1) is 10.9 Å². The van der Waals surface area contributed by atoms with Crippen LogP contribution in [0, 0.1) is 24.7 Å². The maximum atomic E-state index is 13.0. The predicted octanol–water partition coefficient (Wildman–Crippen LogP) is 3.37. The lowest BCUT2D eigenvalue weighted by atomic mass is 9.83. The van der Waals surface area contributed by atoms with Crippen molar-refractivity contribution in [2.45, 2.75) is 51.0 Å². The summed E-state index contributed by atoms with van der Waals surface area (Å²) >= 11 is 1.74. The Kier molecular flexibility index (Phi) is 6.57. The number of fused-ring (bicyclic) bond motifs is 2. The lowest BCUT2D eigenvalue weighted by molar-refractivity contribution is -0.139. The minimum atomic E-state index is 0. The van der Waals surface area contributed by atoms with E-state index in [1.807, 2.05) is 6.92 Å². The van der Waals surface area contributed by atoms with Gasteiger partial charge in [-0.2, -0.15) is 0 Å². The van der Waals surface area contributed by atoms with Crippen LogP contribution in [-0.4, -0.2) is 34.9 Å². The standard InChI is InChI=1S/C17H25N3OS.2ClH/c1-10-9-22-16(19-10)13-3-2-6-20(8-13)17(21)14-11-4-5-12(7-11)15(14)18;;/h9,11-15H,2-8,18H2,1H3;2*1H. The second kappa shape index (κ2) is 7.90. The summed E-state index contributed by atoms with van der Waals surface area (Å²) in [4.78, 5) is 19.7. The Balaban J connectivity index is 0.00000104. The molecule has 2 N–H and O–H groups in total. The maximum Gasteiger partial charge on any atom is 0.227 e. The fraction of sp³-hybridized carbons (Fsp3) is 0.765. The molecule has 136 valence electrons. The zero-order valence-electron chi connectivity index (χ0n) is 14.0. The molecule has 7 heteroatoms. The van der Waals surface area contributed by atoms with Crippen molar-refractivity contribution in [3.05, 3.63) is 16.1 Å². The molecule has 1 aliphatic heterocycles. The zero-order valence-corrected chi connectivity index (χ0v) is 16.5. The Morgan fingerprint density at radius 3 is 2.67 bits per heavy atom. The lowest BCUT2D eigenvalue weighted by Crippen LogP contribution is -2.49. The minimum absolute atomic E-state index is 0. The molecule has 1 aromatic rings. The first kappa shape index (κ1) is 20.0. The highest BCUT2D eigenvalue weighted by molar-refractivity contribution is 7.09. The van der Waals surface area contributed by atoms with E-state index in [0.717, 1.165) is 31.6 Å². The van der Waals surface area contributed by atoms with E-state index in [1.54, 1.807) is 11.3 Å². The Bertz CT molecular complexity index is 580. The van der Waals surface area contributed by atoms with Crippen molar-refractivity contribution in [3.63, 3.8) is 0 Å². The molecule has 5 atom stereocenters. The molecule has 3 fully saturated rings. The highest BCUT2D eigenvalue weighted by atomic mass is 35.5. The molecule has 5 unspecified atom stereocenters. The van der Waals surface area contributed by atoms with Crippen molar-refractivity contribution in [3.8, 4) is 0 Å². The molecule has 2 bridgehead atoms. The highest BCUT2D eigenvalue weighted by Crippen LogP contribution is 2.48. The van der Waals surface area contributed by atoms with Gasteiger partial charge in [0.25, 0.3) is 0 Å². The third kappa shape index (κ3) is 3.46. The average molecular weight is 392 g/mol. The number of nitrogens with two attached hydrogens (primary N) is 1. The monoisotopic (exact) mass is 391 g/mol. The topological polar surface area (TPSA) is 59.2 Å². The van der Waals surface area contributed by atoms with Gasteiger partial charge in [-0.15, -0.1) is 36.2 Å². The van der Waals surface area contributed by atoms with Crippen molar-refractivity contribution in [2.75, 3.05) is 13.1 Å². The normalized spacial score (nSPS) is 34.6. The van der Waals surface area contributed by atoms with Crippen LogP contribution in [0.1, 0.15) is 48.7 Å². The van der Waals surface area contributed by atoms with Gasteiger partial charge in [0.1, 0.15) is 0 Å². The zero-order chi connectivity index (χ0) is 15.3. The van der Waals surface area contributed by atoms with E-state index >= 15 is 0 Å². The number of rotatable bonds is 2. The van der Waals surface area contributed by atoms with Crippen LogP contribution in [0.5, 0.6) is 0 Å². The average Bonchev–Trinajstić information content (AvgIpc) is 3.23. The van der Waals surface area contributed by atoms with E-state index in [2.05, 4.69) is 15.3 Å². The summed E-state index contributed by atoms with van der Waals surface area (Å²) in [6.45, 7) is 3.78. The SMILES string of the molecule is Cc1csc(C2CCCN(C(=O)C3C4CCC(C4)C3N)C2)n1.Cl.Cl. The van der Waals surface area contributed by atoms with Crippen molar-refractivity contribution < 1.29 is 4.79 Å². The van der Waals surface area contributed by atoms with E-state index in [9.17, 15) is 4.79 Å². The van der Waals surface area contributed by atoms with Gasteiger partial charge in [-0.3, -0.25) is 4.79 Å². The first-order valence-electron chi connectivity index (χ1n) is 8.60. The van der Waals surface area contributed by atoms with E-state index < -0.39 is 0 Å². The van der Waals surface area contributed by atoms with Crippen LogP contribution in [0.25, 0.3) is 0 Å². The molecule has 3 aliphatic rings. The van der Waals surface area contributed by atoms with Gasteiger partial charge in [0, 0.05) is 36.1 Å². The van der Waals surface area contributed by atoms with Crippen LogP contribution in [0.2, 0.25) is 0 Å². The van der Waals surface area contributed by atoms with Gasteiger partial charge < -0.3 is 10.6 Å². The summed E-state index contributed by atoms with van der Waals surface area (Å²) in [6.07, 6.45) is 5.86. The molecule has 4 nitrogen and oxygen atoms in total. The third-order valence-electron chi connectivity index (χ3n) is 5.98. The number of aryl methyl sites for hydroxylation is 1. The van der Waals surface area contributed by atoms with Crippen LogP contribution in [-0.2, 0) is 4.79 Å². The maximum absolute atomic E-state index is 13.0. The van der Waals surface area contributed by atoms with Crippen molar-refractivity contribution in [1.29, 1.82) is 0 Å². The number of likely N-dealkylation sites (tertiary alicyclic amines) is 1. The number of thiazole rings is 1.